The number of ether oxygens (including phenoxy) is 2. The van der Waals surface area contributed by atoms with Gasteiger partial charge in [0.25, 0.3) is 0 Å². The van der Waals surface area contributed by atoms with Crippen LogP contribution in [-0.4, -0.2) is 28.8 Å². The predicted octanol–water partition coefficient (Wildman–Crippen LogP) is 4.38. The first-order chi connectivity index (χ1) is 13.1. The van der Waals surface area contributed by atoms with Crippen LogP contribution in [0.5, 0.6) is 11.5 Å². The lowest BCUT2D eigenvalue weighted by molar-refractivity contribution is 0.397. The summed E-state index contributed by atoms with van der Waals surface area (Å²) in [6, 6.07) is 15.9. The normalized spacial score (nSPS) is 12.3. The number of para-hydroxylation sites is 1. The zero-order valence-corrected chi connectivity index (χ0v) is 15.9. The number of aromatic nitrogens is 3. The molecule has 0 radical (unpaired) electrons. The summed E-state index contributed by atoms with van der Waals surface area (Å²) in [5, 5.41) is 9.12. The number of nitrogens with one attached hydrogen (secondary N) is 1. The van der Waals surface area contributed by atoms with Gasteiger partial charge in [-0.15, -0.1) is 0 Å². The average molecular weight is 362 g/mol. The van der Waals surface area contributed by atoms with Crippen molar-refractivity contribution in [1.29, 1.82) is 0 Å². The van der Waals surface area contributed by atoms with E-state index in [0.717, 1.165) is 45.1 Å². The highest BCUT2D eigenvalue weighted by molar-refractivity contribution is 5.91. The summed E-state index contributed by atoms with van der Waals surface area (Å²) in [4.78, 5) is 4.81. The fourth-order valence-corrected chi connectivity index (χ4v) is 3.35. The van der Waals surface area contributed by atoms with Crippen LogP contribution in [0.4, 0.5) is 5.82 Å². The monoisotopic (exact) mass is 362 g/mol. The van der Waals surface area contributed by atoms with E-state index in [1.54, 1.807) is 14.2 Å². The third kappa shape index (κ3) is 3.03. The number of benzene rings is 2. The van der Waals surface area contributed by atoms with Gasteiger partial charge in [0.05, 0.1) is 31.5 Å². The lowest BCUT2D eigenvalue weighted by atomic mass is 10.1. The Morgan fingerprint density at radius 2 is 1.85 bits per heavy atom. The summed E-state index contributed by atoms with van der Waals surface area (Å²) in [5.41, 5.74) is 3.78. The Hall–Kier alpha value is -3.28. The van der Waals surface area contributed by atoms with Gasteiger partial charge in [-0.1, -0.05) is 12.1 Å². The number of hydrogen-bond donors (Lipinski definition) is 1. The number of rotatable bonds is 5. The predicted molar refractivity (Wildman–Crippen MR) is 107 cm³/mol. The zero-order valence-electron chi connectivity index (χ0n) is 15.9. The van der Waals surface area contributed by atoms with Gasteiger partial charge in [-0.2, -0.15) is 5.10 Å². The maximum Gasteiger partial charge on any atom is 0.158 e. The Kier molecular flexibility index (Phi) is 4.32. The number of hydrogen-bond acceptors (Lipinski definition) is 5. The van der Waals surface area contributed by atoms with Crippen molar-refractivity contribution >= 4 is 22.4 Å². The minimum Gasteiger partial charge on any atom is -0.497 e. The maximum absolute atomic E-state index is 5.53. The molecule has 4 aromatic rings. The Morgan fingerprint density at radius 3 is 2.63 bits per heavy atom. The van der Waals surface area contributed by atoms with Gasteiger partial charge < -0.3 is 14.8 Å². The van der Waals surface area contributed by atoms with Crippen molar-refractivity contribution in [3.05, 3.63) is 59.8 Å². The second kappa shape index (κ2) is 6.79. The number of nitrogens with zero attached hydrogens (tertiary/aromatic N) is 3. The van der Waals surface area contributed by atoms with Crippen LogP contribution in [0.3, 0.4) is 0 Å². The molecule has 0 saturated heterocycles. The number of fused-ring (bicyclic) bond motifs is 3. The molecule has 0 spiro atoms. The molecule has 1 atom stereocenters. The second-order valence-electron chi connectivity index (χ2n) is 6.51. The topological polar surface area (TPSA) is 60.7 Å². The number of methoxy groups -OCH3 is 2. The maximum atomic E-state index is 5.53. The van der Waals surface area contributed by atoms with Gasteiger partial charge in [0, 0.05) is 17.0 Å². The van der Waals surface area contributed by atoms with E-state index in [1.807, 2.05) is 47.8 Å². The molecule has 6 nitrogen and oxygen atoms in total. The molecule has 0 saturated carbocycles. The Morgan fingerprint density at radius 1 is 1.04 bits per heavy atom. The van der Waals surface area contributed by atoms with E-state index in [-0.39, 0.29) is 6.04 Å². The van der Waals surface area contributed by atoms with Crippen LogP contribution in [0.25, 0.3) is 16.6 Å². The van der Waals surface area contributed by atoms with Gasteiger partial charge in [-0.25, -0.2) is 9.50 Å². The summed E-state index contributed by atoms with van der Waals surface area (Å²) in [6.45, 7) is 4.06. The summed E-state index contributed by atoms with van der Waals surface area (Å²) < 4.78 is 12.8. The molecule has 0 aliphatic carbocycles. The standard InChI is InChI=1S/C21H22N4O2/c1-13-11-20-23-21(16-7-5-6-8-18(16)25(20)24-13)22-14(2)17-12-15(26-3)9-10-19(17)27-4/h5-12,14H,1-4H3,(H,22,23). The molecule has 2 aromatic carbocycles. The van der Waals surface area contributed by atoms with Gasteiger partial charge in [-0.05, 0) is 44.2 Å². The van der Waals surface area contributed by atoms with Crippen molar-refractivity contribution in [1.82, 2.24) is 14.6 Å². The van der Waals surface area contributed by atoms with E-state index in [0.29, 0.717) is 0 Å². The molecule has 2 heterocycles. The lowest BCUT2D eigenvalue weighted by Crippen LogP contribution is -2.11. The van der Waals surface area contributed by atoms with Crippen molar-refractivity contribution in [2.75, 3.05) is 19.5 Å². The first-order valence-corrected chi connectivity index (χ1v) is 8.84. The van der Waals surface area contributed by atoms with Crippen LogP contribution in [0, 0.1) is 6.92 Å². The average Bonchev–Trinajstić information content (AvgIpc) is 3.07. The van der Waals surface area contributed by atoms with E-state index >= 15 is 0 Å². The van der Waals surface area contributed by atoms with Crippen molar-refractivity contribution in [3.8, 4) is 11.5 Å². The fourth-order valence-electron chi connectivity index (χ4n) is 3.35. The molecule has 0 aliphatic rings. The van der Waals surface area contributed by atoms with Crippen molar-refractivity contribution in [2.45, 2.75) is 19.9 Å². The highest BCUT2D eigenvalue weighted by Gasteiger charge is 2.16. The second-order valence-corrected chi connectivity index (χ2v) is 6.51. The van der Waals surface area contributed by atoms with Crippen molar-refractivity contribution < 1.29 is 9.47 Å². The van der Waals surface area contributed by atoms with Crippen molar-refractivity contribution in [3.63, 3.8) is 0 Å². The third-order valence-electron chi connectivity index (χ3n) is 4.68. The number of anilines is 1. The van der Waals surface area contributed by atoms with E-state index in [1.165, 1.54) is 0 Å². The Balaban J connectivity index is 1.81. The molecule has 6 heteroatoms. The molecule has 138 valence electrons. The van der Waals surface area contributed by atoms with Crippen LogP contribution in [0.15, 0.2) is 48.5 Å². The summed E-state index contributed by atoms with van der Waals surface area (Å²) in [6.07, 6.45) is 0. The first-order valence-electron chi connectivity index (χ1n) is 8.84. The van der Waals surface area contributed by atoms with Crippen LogP contribution in [0.2, 0.25) is 0 Å². The van der Waals surface area contributed by atoms with Gasteiger partial charge in [0.1, 0.15) is 17.3 Å². The van der Waals surface area contributed by atoms with E-state index in [2.05, 4.69) is 29.5 Å². The molecule has 0 aliphatic heterocycles. The summed E-state index contributed by atoms with van der Waals surface area (Å²) in [5.74, 6) is 2.41. The minimum atomic E-state index is -0.0302. The van der Waals surface area contributed by atoms with E-state index < -0.39 is 0 Å². The molecule has 1 unspecified atom stereocenters. The minimum absolute atomic E-state index is 0.0302. The quantitative estimate of drug-likeness (QED) is 0.571. The number of aryl methyl sites for hydroxylation is 1. The van der Waals surface area contributed by atoms with E-state index in [9.17, 15) is 0 Å². The van der Waals surface area contributed by atoms with E-state index in [4.69, 9.17) is 14.5 Å². The summed E-state index contributed by atoms with van der Waals surface area (Å²) in [7, 11) is 3.33. The van der Waals surface area contributed by atoms with Crippen LogP contribution >= 0.6 is 0 Å². The SMILES string of the molecule is COc1ccc(OC)c(C(C)Nc2nc3cc(C)nn3c3ccccc23)c1. The lowest BCUT2D eigenvalue weighted by Gasteiger charge is -2.20. The molecule has 2 aromatic heterocycles. The van der Waals surface area contributed by atoms with Gasteiger partial charge in [0.15, 0.2) is 5.65 Å². The van der Waals surface area contributed by atoms with Gasteiger partial charge in [0.2, 0.25) is 0 Å². The fraction of sp³-hybridized carbons (Fsp3) is 0.238. The highest BCUT2D eigenvalue weighted by atomic mass is 16.5. The summed E-state index contributed by atoms with van der Waals surface area (Å²) >= 11 is 0. The van der Waals surface area contributed by atoms with Gasteiger partial charge in [-0.3, -0.25) is 0 Å². The largest absolute Gasteiger partial charge is 0.497 e. The highest BCUT2D eigenvalue weighted by Crippen LogP contribution is 2.33. The molecule has 1 N–H and O–H groups in total. The van der Waals surface area contributed by atoms with Crippen molar-refractivity contribution in [2.24, 2.45) is 0 Å². The third-order valence-corrected chi connectivity index (χ3v) is 4.68. The molecular weight excluding hydrogens is 340 g/mol. The molecular formula is C21H22N4O2. The van der Waals surface area contributed by atoms with Gasteiger partial charge >= 0.3 is 0 Å². The Labute approximate surface area is 157 Å². The molecule has 4 rings (SSSR count). The molecule has 0 amide bonds. The van der Waals surface area contributed by atoms with Crippen LogP contribution in [-0.2, 0) is 0 Å². The first kappa shape index (κ1) is 17.1. The smallest absolute Gasteiger partial charge is 0.158 e. The van der Waals surface area contributed by atoms with Crippen LogP contribution in [0.1, 0.15) is 24.2 Å². The molecule has 0 bridgehead atoms. The Bertz CT molecular complexity index is 1120. The zero-order chi connectivity index (χ0) is 19.0. The molecule has 27 heavy (non-hydrogen) atoms. The van der Waals surface area contributed by atoms with Crippen LogP contribution < -0.4 is 14.8 Å². The molecule has 0 fully saturated rings.